The van der Waals surface area contributed by atoms with Crippen molar-refractivity contribution < 1.29 is 9.72 Å². The van der Waals surface area contributed by atoms with Crippen LogP contribution in [-0.2, 0) is 6.54 Å². The van der Waals surface area contributed by atoms with Crippen molar-refractivity contribution in [1.82, 2.24) is 10.2 Å². The fourth-order valence-electron chi connectivity index (χ4n) is 3.19. The van der Waals surface area contributed by atoms with Crippen molar-refractivity contribution in [3.63, 3.8) is 0 Å². The standard InChI is InChI=1S/C19H19Cl2N3O3/c20-14-3-1-13(2-4-14)12-23-9-7-16(8-10-23)22-19(25)17-6-5-15(21)11-18(17)24(26)27/h1-6,11,16H,7-10,12H2,(H,22,25). The molecule has 0 saturated carbocycles. The lowest BCUT2D eigenvalue weighted by molar-refractivity contribution is -0.385. The molecule has 1 N–H and O–H groups in total. The Balaban J connectivity index is 1.55. The van der Waals surface area contributed by atoms with E-state index in [2.05, 4.69) is 10.2 Å². The first kappa shape index (κ1) is 19.6. The van der Waals surface area contributed by atoms with E-state index < -0.39 is 10.8 Å². The number of hydrogen-bond acceptors (Lipinski definition) is 4. The van der Waals surface area contributed by atoms with E-state index in [0.717, 1.165) is 37.5 Å². The molecule has 0 bridgehead atoms. The Labute approximate surface area is 167 Å². The van der Waals surface area contributed by atoms with Crippen LogP contribution in [0.25, 0.3) is 0 Å². The van der Waals surface area contributed by atoms with Crippen LogP contribution in [0.5, 0.6) is 0 Å². The lowest BCUT2D eigenvalue weighted by Crippen LogP contribution is -2.44. The molecule has 1 aliphatic heterocycles. The van der Waals surface area contributed by atoms with Gasteiger partial charge < -0.3 is 5.32 Å². The number of carbonyl (C=O) groups excluding carboxylic acids is 1. The Morgan fingerprint density at radius 3 is 2.37 bits per heavy atom. The van der Waals surface area contributed by atoms with Crippen LogP contribution in [-0.4, -0.2) is 34.9 Å². The van der Waals surface area contributed by atoms with Crippen molar-refractivity contribution in [2.75, 3.05) is 13.1 Å². The summed E-state index contributed by atoms with van der Waals surface area (Å²) in [6.45, 7) is 2.52. The van der Waals surface area contributed by atoms with Crippen LogP contribution in [0.1, 0.15) is 28.8 Å². The molecule has 1 saturated heterocycles. The van der Waals surface area contributed by atoms with Gasteiger partial charge in [0.2, 0.25) is 0 Å². The quantitative estimate of drug-likeness (QED) is 0.592. The van der Waals surface area contributed by atoms with Gasteiger partial charge in [-0.2, -0.15) is 0 Å². The highest BCUT2D eigenvalue weighted by molar-refractivity contribution is 6.31. The number of nitro benzene ring substituents is 1. The first-order valence-electron chi connectivity index (χ1n) is 8.64. The molecule has 1 aliphatic rings. The summed E-state index contributed by atoms with van der Waals surface area (Å²) < 4.78 is 0. The summed E-state index contributed by atoms with van der Waals surface area (Å²) >= 11 is 11.7. The van der Waals surface area contributed by atoms with Gasteiger partial charge in [-0.25, -0.2) is 0 Å². The molecule has 1 amide bonds. The maximum atomic E-state index is 12.5. The first-order chi connectivity index (χ1) is 12.9. The molecule has 0 atom stereocenters. The number of halogens is 2. The molecule has 6 nitrogen and oxygen atoms in total. The highest BCUT2D eigenvalue weighted by atomic mass is 35.5. The summed E-state index contributed by atoms with van der Waals surface area (Å²) in [6.07, 6.45) is 1.58. The minimum atomic E-state index is -0.588. The van der Waals surface area contributed by atoms with Crippen LogP contribution in [0, 0.1) is 10.1 Å². The second-order valence-electron chi connectivity index (χ2n) is 6.57. The van der Waals surface area contributed by atoms with Crippen molar-refractivity contribution in [1.29, 1.82) is 0 Å². The number of nitro groups is 1. The van der Waals surface area contributed by atoms with Crippen LogP contribution in [0.4, 0.5) is 5.69 Å². The van der Waals surface area contributed by atoms with Gasteiger partial charge in [0, 0.05) is 41.8 Å². The summed E-state index contributed by atoms with van der Waals surface area (Å²) in [6, 6.07) is 11.8. The average molecular weight is 408 g/mol. The Hall–Kier alpha value is -2.15. The van der Waals surface area contributed by atoms with E-state index in [4.69, 9.17) is 23.2 Å². The third-order valence-electron chi connectivity index (χ3n) is 4.64. The van der Waals surface area contributed by atoms with Gasteiger partial charge in [-0.1, -0.05) is 35.3 Å². The van der Waals surface area contributed by atoms with E-state index in [0.29, 0.717) is 0 Å². The Kier molecular flexibility index (Phi) is 6.31. The summed E-state index contributed by atoms with van der Waals surface area (Å²) in [4.78, 5) is 25.4. The van der Waals surface area contributed by atoms with Crippen molar-refractivity contribution >= 4 is 34.8 Å². The lowest BCUT2D eigenvalue weighted by Gasteiger charge is -2.32. The molecular formula is C19H19Cl2N3O3. The van der Waals surface area contributed by atoms with Crippen LogP contribution in [0.3, 0.4) is 0 Å². The largest absolute Gasteiger partial charge is 0.349 e. The smallest absolute Gasteiger partial charge is 0.283 e. The number of nitrogens with zero attached hydrogens (tertiary/aromatic N) is 2. The van der Waals surface area contributed by atoms with Gasteiger partial charge >= 0.3 is 0 Å². The predicted molar refractivity (Wildman–Crippen MR) is 105 cm³/mol. The summed E-state index contributed by atoms with van der Waals surface area (Å²) in [5.41, 5.74) is 0.951. The third-order valence-corrected chi connectivity index (χ3v) is 5.13. The minimum absolute atomic E-state index is 0.00532. The molecule has 0 aliphatic carbocycles. The van der Waals surface area contributed by atoms with E-state index in [1.165, 1.54) is 23.8 Å². The summed E-state index contributed by atoms with van der Waals surface area (Å²) in [7, 11) is 0. The summed E-state index contributed by atoms with van der Waals surface area (Å²) in [5.74, 6) is -0.436. The lowest BCUT2D eigenvalue weighted by atomic mass is 10.0. The number of rotatable bonds is 5. The van der Waals surface area contributed by atoms with Crippen molar-refractivity contribution in [2.45, 2.75) is 25.4 Å². The van der Waals surface area contributed by atoms with Gasteiger partial charge in [-0.05, 0) is 42.7 Å². The molecule has 27 heavy (non-hydrogen) atoms. The molecular weight excluding hydrogens is 389 g/mol. The fraction of sp³-hybridized carbons (Fsp3) is 0.316. The van der Waals surface area contributed by atoms with E-state index in [-0.39, 0.29) is 22.3 Å². The van der Waals surface area contributed by atoms with Crippen LogP contribution < -0.4 is 5.32 Å². The van der Waals surface area contributed by atoms with Crippen LogP contribution in [0.15, 0.2) is 42.5 Å². The van der Waals surface area contributed by atoms with Gasteiger partial charge in [-0.15, -0.1) is 0 Å². The zero-order valence-electron chi connectivity index (χ0n) is 14.5. The van der Waals surface area contributed by atoms with Gasteiger partial charge in [0.15, 0.2) is 0 Å². The summed E-state index contributed by atoms with van der Waals surface area (Å²) in [5, 5.41) is 15.0. The third kappa shape index (κ3) is 5.19. The van der Waals surface area contributed by atoms with Crippen molar-refractivity contribution in [3.05, 3.63) is 73.8 Å². The Morgan fingerprint density at radius 2 is 1.74 bits per heavy atom. The van der Waals surface area contributed by atoms with Crippen molar-refractivity contribution in [3.8, 4) is 0 Å². The number of carbonyl (C=O) groups is 1. The number of amides is 1. The zero-order chi connectivity index (χ0) is 19.4. The molecule has 8 heteroatoms. The van der Waals surface area contributed by atoms with Crippen LogP contribution in [0.2, 0.25) is 10.0 Å². The minimum Gasteiger partial charge on any atom is -0.349 e. The van der Waals surface area contributed by atoms with E-state index in [9.17, 15) is 14.9 Å². The molecule has 1 heterocycles. The second-order valence-corrected chi connectivity index (χ2v) is 7.44. The number of nitrogens with one attached hydrogen (secondary N) is 1. The molecule has 0 spiro atoms. The first-order valence-corrected chi connectivity index (χ1v) is 9.39. The fourth-order valence-corrected chi connectivity index (χ4v) is 3.49. The number of likely N-dealkylation sites (tertiary alicyclic amines) is 1. The number of hydrogen-bond donors (Lipinski definition) is 1. The van der Waals surface area contributed by atoms with Gasteiger partial charge in [0.1, 0.15) is 5.56 Å². The highest BCUT2D eigenvalue weighted by Crippen LogP contribution is 2.24. The Morgan fingerprint density at radius 1 is 1.11 bits per heavy atom. The monoisotopic (exact) mass is 407 g/mol. The molecule has 2 aromatic rings. The van der Waals surface area contributed by atoms with Crippen molar-refractivity contribution in [2.24, 2.45) is 0 Å². The number of benzene rings is 2. The molecule has 0 unspecified atom stereocenters. The van der Waals surface area contributed by atoms with E-state index in [1.807, 2.05) is 24.3 Å². The molecule has 0 aromatic heterocycles. The molecule has 2 aromatic carbocycles. The predicted octanol–water partition coefficient (Wildman–Crippen LogP) is 4.30. The second kappa shape index (κ2) is 8.69. The molecule has 142 valence electrons. The normalized spacial score (nSPS) is 15.5. The average Bonchev–Trinajstić information content (AvgIpc) is 2.65. The molecule has 1 fully saturated rings. The van der Waals surface area contributed by atoms with Gasteiger partial charge in [0.25, 0.3) is 11.6 Å². The topological polar surface area (TPSA) is 75.5 Å². The maximum Gasteiger partial charge on any atom is 0.283 e. The van der Waals surface area contributed by atoms with Crippen LogP contribution >= 0.6 is 23.2 Å². The Bertz CT molecular complexity index is 835. The zero-order valence-corrected chi connectivity index (χ0v) is 16.0. The SMILES string of the molecule is O=C(NC1CCN(Cc2ccc(Cl)cc2)CC1)c1ccc(Cl)cc1[N+](=O)[O-]. The van der Waals surface area contributed by atoms with Gasteiger partial charge in [0.05, 0.1) is 4.92 Å². The highest BCUT2D eigenvalue weighted by Gasteiger charge is 2.25. The maximum absolute atomic E-state index is 12.5. The van der Waals surface area contributed by atoms with E-state index in [1.54, 1.807) is 0 Å². The van der Waals surface area contributed by atoms with Gasteiger partial charge in [-0.3, -0.25) is 19.8 Å². The molecule has 3 rings (SSSR count). The molecule has 0 radical (unpaired) electrons. The van der Waals surface area contributed by atoms with E-state index >= 15 is 0 Å². The number of piperidine rings is 1.